The smallest absolute Gasteiger partial charge is 0.0454 e. The van der Waals surface area contributed by atoms with E-state index in [4.69, 9.17) is 0 Å². The Morgan fingerprint density at radius 1 is 1.12 bits per heavy atom. The van der Waals surface area contributed by atoms with Crippen molar-refractivity contribution >= 4 is 9.52 Å². The molecule has 0 aromatic carbocycles. The van der Waals surface area contributed by atoms with Gasteiger partial charge in [-0.3, -0.25) is 0 Å². The Morgan fingerprint density at radius 3 is 2.35 bits per heavy atom. The molecule has 1 aliphatic heterocycles. The van der Waals surface area contributed by atoms with Crippen molar-refractivity contribution in [3.8, 4) is 0 Å². The second-order valence-corrected chi connectivity index (χ2v) is 7.10. The van der Waals surface area contributed by atoms with Crippen molar-refractivity contribution in [2.75, 3.05) is 19.6 Å². The number of likely N-dealkylation sites (tertiary alicyclic amines) is 1. The molecular weight excluding hydrogens is 222 g/mol. The molecule has 0 bridgehead atoms. The Kier molecular flexibility index (Phi) is 8.72. The van der Waals surface area contributed by atoms with Crippen molar-refractivity contribution in [2.24, 2.45) is 0 Å². The zero-order chi connectivity index (χ0) is 12.3. The lowest BCUT2D eigenvalue weighted by molar-refractivity contribution is 0.339. The number of hydrogen-bond acceptors (Lipinski definition) is 1. The van der Waals surface area contributed by atoms with Crippen LogP contribution in [0.3, 0.4) is 0 Å². The SMILES string of the molecule is CCCC(=C[SiH2]CCCN1CCCC1)CCC. The molecule has 0 amide bonds. The predicted molar refractivity (Wildman–Crippen MR) is 81.5 cm³/mol. The summed E-state index contributed by atoms with van der Waals surface area (Å²) in [7, 11) is 0.0967. The molecular formula is C15H31NSi. The van der Waals surface area contributed by atoms with Crippen LogP contribution in [-0.4, -0.2) is 34.1 Å². The Morgan fingerprint density at radius 2 is 1.76 bits per heavy atom. The summed E-state index contributed by atoms with van der Waals surface area (Å²) in [6.45, 7) is 8.72. The minimum atomic E-state index is 0.0967. The molecule has 0 atom stereocenters. The van der Waals surface area contributed by atoms with Gasteiger partial charge in [0.05, 0.1) is 0 Å². The highest BCUT2D eigenvalue weighted by Crippen LogP contribution is 2.12. The first-order valence-corrected chi connectivity index (χ1v) is 9.58. The van der Waals surface area contributed by atoms with E-state index in [-0.39, 0.29) is 9.52 Å². The average Bonchev–Trinajstić information content (AvgIpc) is 2.82. The molecule has 1 rings (SSSR count). The van der Waals surface area contributed by atoms with Crippen LogP contribution in [0.25, 0.3) is 0 Å². The maximum atomic E-state index is 2.66. The molecule has 1 aliphatic rings. The molecule has 0 saturated carbocycles. The maximum absolute atomic E-state index is 2.66. The summed E-state index contributed by atoms with van der Waals surface area (Å²) < 4.78 is 0. The van der Waals surface area contributed by atoms with E-state index >= 15 is 0 Å². The van der Waals surface area contributed by atoms with E-state index in [1.54, 1.807) is 5.57 Å². The van der Waals surface area contributed by atoms with E-state index in [9.17, 15) is 0 Å². The molecule has 0 radical (unpaired) electrons. The minimum Gasteiger partial charge on any atom is -0.303 e. The van der Waals surface area contributed by atoms with Gasteiger partial charge in [-0.15, -0.1) is 5.70 Å². The van der Waals surface area contributed by atoms with Crippen LogP contribution in [0.1, 0.15) is 58.8 Å². The fourth-order valence-corrected chi connectivity index (χ4v) is 4.30. The highest BCUT2D eigenvalue weighted by Gasteiger charge is 2.09. The largest absolute Gasteiger partial charge is 0.303 e. The van der Waals surface area contributed by atoms with Gasteiger partial charge in [-0.2, -0.15) is 0 Å². The van der Waals surface area contributed by atoms with E-state index in [1.807, 2.05) is 0 Å². The summed E-state index contributed by atoms with van der Waals surface area (Å²) >= 11 is 0. The highest BCUT2D eigenvalue weighted by atomic mass is 28.2. The molecule has 100 valence electrons. The molecule has 0 N–H and O–H groups in total. The molecule has 0 unspecified atom stereocenters. The summed E-state index contributed by atoms with van der Waals surface area (Å²) in [5.41, 5.74) is 4.43. The summed E-state index contributed by atoms with van der Waals surface area (Å²) in [6.07, 6.45) is 9.69. The lowest BCUT2D eigenvalue weighted by Crippen LogP contribution is -2.20. The van der Waals surface area contributed by atoms with Gasteiger partial charge in [-0.05, 0) is 51.7 Å². The third-order valence-corrected chi connectivity index (χ3v) is 5.48. The van der Waals surface area contributed by atoms with E-state index in [0.717, 1.165) is 0 Å². The average molecular weight is 254 g/mol. The van der Waals surface area contributed by atoms with Gasteiger partial charge in [0, 0.05) is 9.52 Å². The van der Waals surface area contributed by atoms with Crippen molar-refractivity contribution < 1.29 is 0 Å². The van der Waals surface area contributed by atoms with E-state index in [1.165, 1.54) is 70.6 Å². The van der Waals surface area contributed by atoms with Gasteiger partial charge in [0.15, 0.2) is 0 Å². The zero-order valence-corrected chi connectivity index (χ0v) is 13.4. The van der Waals surface area contributed by atoms with Gasteiger partial charge in [0.25, 0.3) is 0 Å². The van der Waals surface area contributed by atoms with Crippen LogP contribution < -0.4 is 0 Å². The predicted octanol–water partition coefficient (Wildman–Crippen LogP) is 3.54. The first-order chi connectivity index (χ1) is 8.36. The summed E-state index contributed by atoms with van der Waals surface area (Å²) in [5.74, 6) is 0. The first-order valence-electron chi connectivity index (χ1n) is 7.77. The minimum absolute atomic E-state index is 0.0967. The zero-order valence-electron chi connectivity index (χ0n) is 12.0. The standard InChI is InChI=1S/C15H31NSi/c1-3-8-15(9-4-2)14-17-13-7-12-16-10-5-6-11-16/h14H,3-13,17H2,1-2H3. The molecule has 1 fully saturated rings. The fourth-order valence-electron chi connectivity index (χ4n) is 2.76. The van der Waals surface area contributed by atoms with Crippen molar-refractivity contribution in [1.29, 1.82) is 0 Å². The monoisotopic (exact) mass is 253 g/mol. The van der Waals surface area contributed by atoms with Crippen molar-refractivity contribution in [3.63, 3.8) is 0 Å². The number of allylic oxidation sites excluding steroid dienone is 1. The lowest BCUT2D eigenvalue weighted by atomic mass is 10.1. The lowest BCUT2D eigenvalue weighted by Gasteiger charge is -2.13. The quantitative estimate of drug-likeness (QED) is 0.449. The molecule has 1 nitrogen and oxygen atoms in total. The molecule has 0 aliphatic carbocycles. The van der Waals surface area contributed by atoms with Gasteiger partial charge >= 0.3 is 0 Å². The molecule has 1 heterocycles. The first kappa shape index (κ1) is 15.0. The van der Waals surface area contributed by atoms with Crippen LogP contribution in [0, 0.1) is 0 Å². The van der Waals surface area contributed by atoms with E-state index in [0.29, 0.717) is 0 Å². The van der Waals surface area contributed by atoms with Crippen LogP contribution in [0.2, 0.25) is 6.04 Å². The number of nitrogens with zero attached hydrogens (tertiary/aromatic N) is 1. The second-order valence-electron chi connectivity index (χ2n) is 5.41. The molecule has 0 spiro atoms. The van der Waals surface area contributed by atoms with Crippen LogP contribution in [-0.2, 0) is 0 Å². The Bertz CT molecular complexity index is 199. The second kappa shape index (κ2) is 9.90. The maximum Gasteiger partial charge on any atom is 0.0454 e. The summed E-state index contributed by atoms with van der Waals surface area (Å²) in [6, 6.07) is 1.52. The van der Waals surface area contributed by atoms with Crippen LogP contribution in [0.5, 0.6) is 0 Å². The van der Waals surface area contributed by atoms with E-state index in [2.05, 4.69) is 24.4 Å². The van der Waals surface area contributed by atoms with Gasteiger partial charge < -0.3 is 4.90 Å². The Balaban J connectivity index is 2.05. The molecule has 2 heteroatoms. The molecule has 17 heavy (non-hydrogen) atoms. The molecule has 0 aromatic rings. The summed E-state index contributed by atoms with van der Waals surface area (Å²) in [4.78, 5) is 2.65. The number of hydrogen-bond donors (Lipinski definition) is 0. The summed E-state index contributed by atoms with van der Waals surface area (Å²) in [5, 5.41) is 0. The normalized spacial score (nSPS) is 17.1. The van der Waals surface area contributed by atoms with E-state index < -0.39 is 0 Å². The fraction of sp³-hybridized carbons (Fsp3) is 0.867. The highest BCUT2D eigenvalue weighted by molar-refractivity contribution is 6.42. The van der Waals surface area contributed by atoms with Gasteiger partial charge in [-0.25, -0.2) is 0 Å². The van der Waals surface area contributed by atoms with Crippen molar-refractivity contribution in [1.82, 2.24) is 4.90 Å². The topological polar surface area (TPSA) is 3.24 Å². The van der Waals surface area contributed by atoms with Crippen molar-refractivity contribution in [3.05, 3.63) is 11.3 Å². The van der Waals surface area contributed by atoms with Gasteiger partial charge in [-0.1, -0.05) is 38.3 Å². The van der Waals surface area contributed by atoms with Gasteiger partial charge in [0.2, 0.25) is 0 Å². The third-order valence-electron chi connectivity index (χ3n) is 3.70. The number of rotatable bonds is 9. The molecule has 1 saturated heterocycles. The third kappa shape index (κ3) is 7.05. The van der Waals surface area contributed by atoms with Crippen LogP contribution >= 0.6 is 0 Å². The Hall–Kier alpha value is -0.0831. The van der Waals surface area contributed by atoms with Crippen LogP contribution in [0.15, 0.2) is 11.3 Å². The van der Waals surface area contributed by atoms with Crippen LogP contribution in [0.4, 0.5) is 0 Å². The molecule has 0 aromatic heterocycles. The van der Waals surface area contributed by atoms with Gasteiger partial charge in [0.1, 0.15) is 0 Å². The Labute approximate surface area is 110 Å². The van der Waals surface area contributed by atoms with Crippen molar-refractivity contribution in [2.45, 2.75) is 64.8 Å².